The molecule has 39 heavy (non-hydrogen) atoms. The van der Waals surface area contributed by atoms with Crippen molar-refractivity contribution in [2.24, 2.45) is 0 Å². The lowest BCUT2D eigenvalue weighted by atomic mass is 10.2. The van der Waals surface area contributed by atoms with Gasteiger partial charge in [0.2, 0.25) is 5.95 Å². The number of anilines is 2. The van der Waals surface area contributed by atoms with Crippen LogP contribution in [-0.2, 0) is 30.6 Å². The van der Waals surface area contributed by atoms with Crippen LogP contribution in [-0.4, -0.2) is 65.9 Å². The molecule has 3 aromatic rings. The van der Waals surface area contributed by atoms with Crippen LogP contribution in [0.5, 0.6) is 5.75 Å². The first-order chi connectivity index (χ1) is 18.3. The Morgan fingerprint density at radius 1 is 1.28 bits per heavy atom. The number of nitrogens with one attached hydrogen (secondary N) is 1. The van der Waals surface area contributed by atoms with E-state index in [0.29, 0.717) is 5.75 Å². The molecule has 13 nitrogen and oxygen atoms in total. The van der Waals surface area contributed by atoms with Gasteiger partial charge in [-0.2, -0.15) is 9.97 Å². The average Bonchev–Trinajstić information content (AvgIpc) is 3.36. The smallest absolute Gasteiger partial charge is 0.323 e. The zero-order valence-electron chi connectivity index (χ0n) is 21.1. The number of ether oxygens (including phenoxy) is 2. The van der Waals surface area contributed by atoms with Crippen molar-refractivity contribution in [3.8, 4) is 5.75 Å². The number of fused-ring (bicyclic) bond motifs is 1. The van der Waals surface area contributed by atoms with Gasteiger partial charge in [-0.1, -0.05) is 41.4 Å². The predicted molar refractivity (Wildman–Crippen MR) is 150 cm³/mol. The number of aliphatic hydroxyl groups is 1. The first-order valence-electron chi connectivity index (χ1n) is 11.7. The maximum absolute atomic E-state index is 12.4. The second kappa shape index (κ2) is 11.7. The maximum atomic E-state index is 12.4. The predicted octanol–water partition coefficient (Wildman–Crippen LogP) is 2.67. The van der Waals surface area contributed by atoms with Crippen molar-refractivity contribution in [3.05, 3.63) is 36.7 Å². The molecule has 5 unspecified atom stereocenters. The largest absolute Gasteiger partial charge is 0.462 e. The van der Waals surface area contributed by atoms with Crippen molar-refractivity contribution in [1.82, 2.24) is 24.6 Å². The number of carbonyl (C=O) groups excluding carboxylic acids is 1. The molecule has 17 heteroatoms. The zero-order valence-corrected chi connectivity index (χ0v) is 24.3. The summed E-state index contributed by atoms with van der Waals surface area (Å²) in [6.07, 6.45) is -2.65. The van der Waals surface area contributed by atoms with E-state index in [1.165, 1.54) is 10.9 Å². The molecule has 1 aliphatic heterocycles. The molecule has 1 aliphatic rings. The molecule has 1 aromatic carbocycles. The van der Waals surface area contributed by atoms with Gasteiger partial charge >= 0.3 is 12.6 Å². The summed E-state index contributed by atoms with van der Waals surface area (Å²) < 4.78 is 22.8. The number of para-hydroxylation sites is 1. The number of aromatic nitrogens is 4. The van der Waals surface area contributed by atoms with Crippen molar-refractivity contribution < 1.29 is 28.4 Å². The number of nitrogen functional groups attached to an aromatic ring is 2. The molecule has 0 saturated carbocycles. The Balaban J connectivity index is 1.55. The Labute approximate surface area is 239 Å². The molecule has 2 aromatic heterocycles. The SMILES string of the molecule is CC(C)OC(=O)C(C)NP(=S)(OCC1OC(n2cnc3c(N)nc(N)nc32)C(Cl)(Cl)C1O)Oc1ccccc1. The summed E-state index contributed by atoms with van der Waals surface area (Å²) in [6.45, 7) is 1.33. The second-order valence-electron chi connectivity index (χ2n) is 8.97. The van der Waals surface area contributed by atoms with Crippen molar-refractivity contribution in [2.75, 3.05) is 18.1 Å². The zero-order chi connectivity index (χ0) is 28.5. The minimum atomic E-state index is -3.42. The molecule has 4 rings (SSSR count). The topological polar surface area (TPSA) is 182 Å². The highest BCUT2D eigenvalue weighted by molar-refractivity contribution is 8.09. The van der Waals surface area contributed by atoms with Crippen molar-refractivity contribution in [2.45, 2.75) is 55.7 Å². The number of carbonyl (C=O) groups is 1. The molecule has 0 amide bonds. The van der Waals surface area contributed by atoms with Crippen LogP contribution in [0.2, 0.25) is 0 Å². The Hall–Kier alpha value is -2.29. The summed E-state index contributed by atoms with van der Waals surface area (Å²) in [5.41, 5.74) is 12.1. The number of hydrogen-bond acceptors (Lipinski definition) is 12. The van der Waals surface area contributed by atoms with Crippen molar-refractivity contribution >= 4 is 70.6 Å². The van der Waals surface area contributed by atoms with Gasteiger partial charge in [0.1, 0.15) is 29.5 Å². The van der Waals surface area contributed by atoms with Gasteiger partial charge in [-0.15, -0.1) is 0 Å². The fourth-order valence-electron chi connectivity index (χ4n) is 3.74. The van der Waals surface area contributed by atoms with E-state index < -0.39 is 41.4 Å². The molecule has 0 bridgehead atoms. The van der Waals surface area contributed by atoms with E-state index >= 15 is 0 Å². The maximum Gasteiger partial charge on any atom is 0.323 e. The van der Waals surface area contributed by atoms with Gasteiger partial charge in [0, 0.05) is 0 Å². The highest BCUT2D eigenvalue weighted by Crippen LogP contribution is 2.50. The quantitative estimate of drug-likeness (QED) is 0.148. The molecular weight excluding hydrogens is 592 g/mol. The minimum Gasteiger partial charge on any atom is -0.462 e. The third kappa shape index (κ3) is 6.55. The molecule has 212 valence electrons. The molecule has 3 heterocycles. The molecule has 1 saturated heterocycles. The van der Waals surface area contributed by atoms with E-state index in [2.05, 4.69) is 20.0 Å². The number of alkyl halides is 2. The van der Waals surface area contributed by atoms with Gasteiger partial charge in [-0.3, -0.25) is 9.36 Å². The second-order valence-corrected chi connectivity index (χ2v) is 13.6. The number of esters is 1. The van der Waals surface area contributed by atoms with Crippen LogP contribution in [0.25, 0.3) is 11.2 Å². The van der Waals surface area contributed by atoms with Crippen LogP contribution in [0.4, 0.5) is 11.8 Å². The molecule has 0 radical (unpaired) electrons. The van der Waals surface area contributed by atoms with Crippen LogP contribution < -0.4 is 21.1 Å². The van der Waals surface area contributed by atoms with Crippen LogP contribution in [0.1, 0.15) is 27.0 Å². The Kier molecular flexibility index (Phi) is 8.89. The normalized spacial score (nSPS) is 23.0. The Bertz CT molecular complexity index is 1380. The summed E-state index contributed by atoms with van der Waals surface area (Å²) in [5, 5.41) is 13.9. The highest BCUT2D eigenvalue weighted by Gasteiger charge is 2.56. The lowest BCUT2D eigenvalue weighted by Gasteiger charge is -2.28. The molecular formula is C22H28Cl2N7O6PS. The third-order valence-corrected chi connectivity index (χ3v) is 8.85. The standard InChI is InChI=1S/C22H28Cl2N7O6PS/c1-11(2)35-19(33)12(3)30-38(39,37-13-7-5-4-6-8-13)34-9-14-16(32)22(23,24)20(36-14)31-10-27-15-17(25)28-21(26)29-18(15)31/h4-8,10-12,14,16,20,32H,9H2,1-3H3,(H,30,39)(H4,25,26,28,29). The fourth-order valence-corrected chi connectivity index (χ4v) is 6.75. The summed E-state index contributed by atoms with van der Waals surface area (Å²) in [4.78, 5) is 24.7. The summed E-state index contributed by atoms with van der Waals surface area (Å²) >= 11 is 18.8. The number of nitrogens with two attached hydrogens (primary N) is 2. The minimum absolute atomic E-state index is 0.0550. The van der Waals surface area contributed by atoms with E-state index in [0.717, 1.165) is 0 Å². The number of nitrogens with zero attached hydrogens (tertiary/aromatic N) is 4. The van der Waals surface area contributed by atoms with Gasteiger partial charge in [-0.05, 0) is 44.7 Å². The molecule has 0 spiro atoms. The van der Waals surface area contributed by atoms with E-state index in [4.69, 9.17) is 65.0 Å². The van der Waals surface area contributed by atoms with E-state index in [1.54, 1.807) is 45.0 Å². The van der Waals surface area contributed by atoms with E-state index in [1.807, 2.05) is 6.07 Å². The van der Waals surface area contributed by atoms with Gasteiger partial charge in [0.15, 0.2) is 22.0 Å². The fraction of sp³-hybridized carbons (Fsp3) is 0.455. The number of halogens is 2. The first-order valence-corrected chi connectivity index (χ1v) is 15.1. The van der Waals surface area contributed by atoms with E-state index in [9.17, 15) is 9.90 Å². The van der Waals surface area contributed by atoms with Crippen LogP contribution in [0.15, 0.2) is 36.7 Å². The Morgan fingerprint density at radius 3 is 2.64 bits per heavy atom. The summed E-state index contributed by atoms with van der Waals surface area (Å²) in [7, 11) is 0. The van der Waals surface area contributed by atoms with Crippen molar-refractivity contribution in [3.63, 3.8) is 0 Å². The summed E-state index contributed by atoms with van der Waals surface area (Å²) in [5.74, 6) is -0.165. The van der Waals surface area contributed by atoms with Crippen molar-refractivity contribution in [1.29, 1.82) is 0 Å². The van der Waals surface area contributed by atoms with Crippen LogP contribution in [0.3, 0.4) is 0 Å². The lowest BCUT2D eigenvalue weighted by Crippen LogP contribution is -2.39. The number of benzene rings is 1. The number of rotatable bonds is 10. The molecule has 0 aliphatic carbocycles. The van der Waals surface area contributed by atoms with Gasteiger partial charge in [-0.25, -0.2) is 10.1 Å². The van der Waals surface area contributed by atoms with Crippen LogP contribution in [0, 0.1) is 0 Å². The lowest BCUT2D eigenvalue weighted by molar-refractivity contribution is -0.149. The van der Waals surface area contributed by atoms with Crippen LogP contribution >= 0.6 is 29.8 Å². The average molecular weight is 620 g/mol. The number of imidazole rings is 1. The van der Waals surface area contributed by atoms with Gasteiger partial charge < -0.3 is 35.1 Å². The highest BCUT2D eigenvalue weighted by atomic mass is 35.5. The molecule has 6 N–H and O–H groups in total. The third-order valence-electron chi connectivity index (χ3n) is 5.53. The first kappa shape index (κ1) is 29.7. The van der Waals surface area contributed by atoms with E-state index in [-0.39, 0.29) is 35.6 Å². The number of hydrogen-bond donors (Lipinski definition) is 4. The van der Waals surface area contributed by atoms with Gasteiger partial charge in [0.25, 0.3) is 0 Å². The summed E-state index contributed by atoms with van der Waals surface area (Å²) in [6, 6.07) is 7.83. The Morgan fingerprint density at radius 2 is 1.97 bits per heavy atom. The van der Waals surface area contributed by atoms with Gasteiger partial charge in [0.05, 0.1) is 19.0 Å². The number of aliphatic hydroxyl groups excluding tert-OH is 1. The molecule has 5 atom stereocenters. The monoisotopic (exact) mass is 619 g/mol. The molecule has 1 fully saturated rings.